The van der Waals surface area contributed by atoms with Crippen LogP contribution in [0.15, 0.2) is 54.6 Å². The zero-order chi connectivity index (χ0) is 14.4. The number of hydrogen-bond donors (Lipinski definition) is 3. The maximum absolute atomic E-state index is 11.7. The van der Waals surface area contributed by atoms with E-state index in [9.17, 15) is 4.79 Å². The van der Waals surface area contributed by atoms with Crippen LogP contribution in [0, 0.1) is 11.8 Å². The lowest BCUT2D eigenvalue weighted by Crippen LogP contribution is -2.29. The Morgan fingerprint density at radius 3 is 2.50 bits per heavy atom. The molecule has 0 aliphatic rings. The second-order valence-electron chi connectivity index (χ2n) is 4.07. The van der Waals surface area contributed by atoms with Gasteiger partial charge in [0.15, 0.2) is 0 Å². The lowest BCUT2D eigenvalue weighted by molar-refractivity contribution is -0.111. The fourth-order valence-corrected chi connectivity index (χ4v) is 1.59. The van der Waals surface area contributed by atoms with Gasteiger partial charge in [-0.2, -0.15) is 0 Å². The molecular weight excluding hydrogens is 253 g/mol. The normalized spacial score (nSPS) is 9.30. The van der Waals surface area contributed by atoms with Gasteiger partial charge in [-0.15, -0.1) is 0 Å². The molecule has 0 spiro atoms. The monoisotopic (exact) mass is 265 g/mol. The number of anilines is 1. The van der Waals surface area contributed by atoms with Gasteiger partial charge in [-0.1, -0.05) is 36.3 Å². The molecule has 0 bridgehead atoms. The molecule has 0 saturated heterocycles. The fraction of sp³-hybridized carbons (Fsp3) is 0. The number of nitrogens with one attached hydrogen (secondary N) is 1. The van der Waals surface area contributed by atoms with Crippen molar-refractivity contribution in [2.45, 2.75) is 0 Å². The lowest BCUT2D eigenvalue weighted by Gasteiger charge is -2.03. The third-order valence-corrected chi connectivity index (χ3v) is 2.54. The van der Waals surface area contributed by atoms with Crippen LogP contribution in [-0.2, 0) is 4.79 Å². The SMILES string of the molecule is O=C(C#Cc1ccccc1)Nc1cccc(B(O)O)c1. The molecule has 2 aromatic rings. The van der Waals surface area contributed by atoms with Crippen molar-refractivity contribution in [1.29, 1.82) is 0 Å². The summed E-state index contributed by atoms with van der Waals surface area (Å²) < 4.78 is 0. The molecular formula is C15H12BNO3. The Morgan fingerprint density at radius 2 is 1.80 bits per heavy atom. The van der Waals surface area contributed by atoms with Crippen molar-refractivity contribution in [2.24, 2.45) is 0 Å². The average molecular weight is 265 g/mol. The van der Waals surface area contributed by atoms with Gasteiger partial charge < -0.3 is 15.4 Å². The topological polar surface area (TPSA) is 69.6 Å². The van der Waals surface area contributed by atoms with Gasteiger partial charge in [0.05, 0.1) is 0 Å². The summed E-state index contributed by atoms with van der Waals surface area (Å²) in [5, 5.41) is 20.7. The fourth-order valence-electron chi connectivity index (χ4n) is 1.59. The summed E-state index contributed by atoms with van der Waals surface area (Å²) in [4.78, 5) is 11.7. The van der Waals surface area contributed by atoms with E-state index in [-0.39, 0.29) is 0 Å². The highest BCUT2D eigenvalue weighted by Crippen LogP contribution is 2.03. The van der Waals surface area contributed by atoms with Gasteiger partial charge in [-0.05, 0) is 29.7 Å². The summed E-state index contributed by atoms with van der Waals surface area (Å²) in [5.41, 5.74) is 1.52. The third-order valence-electron chi connectivity index (χ3n) is 2.54. The van der Waals surface area contributed by atoms with E-state index in [1.807, 2.05) is 30.3 Å². The molecule has 20 heavy (non-hydrogen) atoms. The highest BCUT2D eigenvalue weighted by atomic mass is 16.4. The van der Waals surface area contributed by atoms with Gasteiger partial charge in [-0.3, -0.25) is 4.79 Å². The second kappa shape index (κ2) is 6.57. The van der Waals surface area contributed by atoms with E-state index < -0.39 is 13.0 Å². The van der Waals surface area contributed by atoms with Crippen LogP contribution in [0.25, 0.3) is 0 Å². The van der Waals surface area contributed by atoms with Gasteiger partial charge in [0, 0.05) is 17.2 Å². The number of benzene rings is 2. The molecule has 0 heterocycles. The van der Waals surface area contributed by atoms with Crippen LogP contribution in [-0.4, -0.2) is 23.1 Å². The van der Waals surface area contributed by atoms with Crippen molar-refractivity contribution in [3.05, 3.63) is 60.2 Å². The summed E-state index contributed by atoms with van der Waals surface area (Å²) in [5.74, 6) is 4.75. The Bertz CT molecular complexity index is 660. The third kappa shape index (κ3) is 3.99. The molecule has 0 aromatic heterocycles. The van der Waals surface area contributed by atoms with Gasteiger partial charge in [-0.25, -0.2) is 0 Å². The standard InChI is InChI=1S/C15H12BNO3/c18-15(10-9-12-5-2-1-3-6-12)17-14-8-4-7-13(11-14)16(19)20/h1-8,11,19-20H,(H,17,18). The van der Waals surface area contributed by atoms with E-state index in [1.54, 1.807) is 18.2 Å². The van der Waals surface area contributed by atoms with Crippen LogP contribution < -0.4 is 10.8 Å². The van der Waals surface area contributed by atoms with E-state index in [0.717, 1.165) is 5.56 Å². The summed E-state index contributed by atoms with van der Waals surface area (Å²) in [6.07, 6.45) is 0. The zero-order valence-corrected chi connectivity index (χ0v) is 10.6. The zero-order valence-electron chi connectivity index (χ0n) is 10.6. The predicted octanol–water partition coefficient (Wildman–Crippen LogP) is 0.357. The number of amides is 1. The van der Waals surface area contributed by atoms with Crippen molar-refractivity contribution in [1.82, 2.24) is 0 Å². The summed E-state index contributed by atoms with van der Waals surface area (Å²) >= 11 is 0. The molecule has 98 valence electrons. The Hall–Kier alpha value is -2.55. The molecule has 2 aromatic carbocycles. The van der Waals surface area contributed by atoms with E-state index in [2.05, 4.69) is 17.2 Å². The molecule has 0 unspecified atom stereocenters. The van der Waals surface area contributed by atoms with Gasteiger partial charge >= 0.3 is 13.0 Å². The lowest BCUT2D eigenvalue weighted by atomic mass is 9.80. The van der Waals surface area contributed by atoms with Crippen LogP contribution >= 0.6 is 0 Å². The van der Waals surface area contributed by atoms with Crippen molar-refractivity contribution in [2.75, 3.05) is 5.32 Å². The minimum Gasteiger partial charge on any atom is -0.423 e. The van der Waals surface area contributed by atoms with Gasteiger partial charge in [0.2, 0.25) is 0 Å². The minimum atomic E-state index is -1.57. The van der Waals surface area contributed by atoms with Crippen molar-refractivity contribution in [3.63, 3.8) is 0 Å². The van der Waals surface area contributed by atoms with Gasteiger partial charge in [0.25, 0.3) is 0 Å². The first-order valence-corrected chi connectivity index (χ1v) is 5.99. The maximum atomic E-state index is 11.7. The minimum absolute atomic E-state index is 0.304. The molecule has 4 nitrogen and oxygen atoms in total. The first-order chi connectivity index (χ1) is 9.65. The highest BCUT2D eigenvalue weighted by molar-refractivity contribution is 6.58. The number of carbonyl (C=O) groups excluding carboxylic acids is 1. The molecule has 1 amide bonds. The highest BCUT2D eigenvalue weighted by Gasteiger charge is 2.11. The van der Waals surface area contributed by atoms with Crippen molar-refractivity contribution < 1.29 is 14.8 Å². The van der Waals surface area contributed by atoms with E-state index >= 15 is 0 Å². The Kier molecular flexibility index (Phi) is 4.56. The van der Waals surface area contributed by atoms with Crippen LogP contribution in [0.4, 0.5) is 5.69 Å². The summed E-state index contributed by atoms with van der Waals surface area (Å²) in [6, 6.07) is 15.5. The Morgan fingerprint density at radius 1 is 1.05 bits per heavy atom. The van der Waals surface area contributed by atoms with E-state index in [0.29, 0.717) is 11.2 Å². The maximum Gasteiger partial charge on any atom is 0.488 e. The molecule has 0 aliphatic carbocycles. The quantitative estimate of drug-likeness (QED) is 0.542. The predicted molar refractivity (Wildman–Crippen MR) is 78.2 cm³/mol. The number of carbonyl (C=O) groups is 1. The summed E-state index contributed by atoms with van der Waals surface area (Å²) in [6.45, 7) is 0. The average Bonchev–Trinajstić information content (AvgIpc) is 2.46. The number of hydrogen-bond acceptors (Lipinski definition) is 3. The van der Waals surface area contributed by atoms with Crippen molar-refractivity contribution in [3.8, 4) is 11.8 Å². The molecule has 0 fully saturated rings. The molecule has 0 aliphatic heterocycles. The van der Waals surface area contributed by atoms with Crippen LogP contribution in [0.1, 0.15) is 5.56 Å². The van der Waals surface area contributed by atoms with E-state index in [1.165, 1.54) is 6.07 Å². The van der Waals surface area contributed by atoms with Gasteiger partial charge in [0.1, 0.15) is 0 Å². The van der Waals surface area contributed by atoms with Crippen LogP contribution in [0.2, 0.25) is 0 Å². The van der Waals surface area contributed by atoms with Crippen LogP contribution in [0.3, 0.4) is 0 Å². The largest absolute Gasteiger partial charge is 0.488 e. The Balaban J connectivity index is 2.05. The number of rotatable bonds is 2. The molecule has 3 N–H and O–H groups in total. The second-order valence-corrected chi connectivity index (χ2v) is 4.07. The Labute approximate surface area is 117 Å². The van der Waals surface area contributed by atoms with Crippen LogP contribution in [0.5, 0.6) is 0 Å². The molecule has 2 rings (SSSR count). The first-order valence-electron chi connectivity index (χ1n) is 5.99. The van der Waals surface area contributed by atoms with Crippen molar-refractivity contribution >= 4 is 24.2 Å². The molecule has 0 saturated carbocycles. The summed E-state index contributed by atoms with van der Waals surface area (Å²) in [7, 11) is -1.57. The molecule has 0 radical (unpaired) electrons. The smallest absolute Gasteiger partial charge is 0.423 e. The molecule has 5 heteroatoms. The van der Waals surface area contributed by atoms with E-state index in [4.69, 9.17) is 10.0 Å². The molecule has 0 atom stereocenters. The first kappa shape index (κ1) is 13.9.